The number of benzene rings is 1. The molecule has 8 nitrogen and oxygen atoms in total. The van der Waals surface area contributed by atoms with Crippen molar-refractivity contribution in [2.24, 2.45) is 7.05 Å². The molecule has 1 saturated heterocycles. The summed E-state index contributed by atoms with van der Waals surface area (Å²) < 4.78 is 62.1. The van der Waals surface area contributed by atoms with E-state index in [-0.39, 0.29) is 11.3 Å². The number of piperidine rings is 1. The molecule has 0 aliphatic carbocycles. The molecule has 0 atom stereocenters. The van der Waals surface area contributed by atoms with Gasteiger partial charge in [-0.15, -0.1) is 0 Å². The number of hydrogen-bond donors (Lipinski definition) is 1. The fourth-order valence-electron chi connectivity index (χ4n) is 4.55. The highest BCUT2D eigenvalue weighted by Crippen LogP contribution is 2.38. The topological polar surface area (TPSA) is 84.8 Å². The second-order valence-electron chi connectivity index (χ2n) is 8.89. The number of alkyl halides is 3. The molecular weight excluding hydrogens is 490 g/mol. The molecule has 1 aliphatic rings. The van der Waals surface area contributed by atoms with Crippen molar-refractivity contribution in [3.05, 3.63) is 54.4 Å². The Morgan fingerprint density at radius 3 is 2.59 bits per heavy atom. The first kappa shape index (κ1) is 24.9. The normalized spacial score (nSPS) is 14.7. The molecule has 5 rings (SSSR count). The number of pyridine rings is 1. The Bertz CT molecular complexity index is 1380. The predicted molar refractivity (Wildman–Crippen MR) is 128 cm³/mol. The Morgan fingerprint density at radius 1 is 1.00 bits per heavy atom. The lowest BCUT2D eigenvalue weighted by atomic mass is 10.0. The van der Waals surface area contributed by atoms with E-state index < -0.39 is 17.7 Å². The maximum atomic E-state index is 14.2. The molecule has 0 saturated carbocycles. The van der Waals surface area contributed by atoms with Crippen LogP contribution in [0, 0.1) is 5.82 Å². The molecule has 0 radical (unpaired) electrons. The third kappa shape index (κ3) is 5.33. The summed E-state index contributed by atoms with van der Waals surface area (Å²) in [7, 11) is 1.77. The number of hydrogen-bond acceptors (Lipinski definition) is 6. The van der Waals surface area contributed by atoms with Crippen LogP contribution in [0.2, 0.25) is 0 Å². The number of H-pyrrole nitrogens is 1. The minimum atomic E-state index is -4.67. The first-order valence-electron chi connectivity index (χ1n) is 11.9. The van der Waals surface area contributed by atoms with Gasteiger partial charge in [0, 0.05) is 37.0 Å². The van der Waals surface area contributed by atoms with Crippen molar-refractivity contribution in [2.45, 2.75) is 25.4 Å². The van der Waals surface area contributed by atoms with Crippen LogP contribution in [-0.2, 0) is 13.2 Å². The van der Waals surface area contributed by atoms with Gasteiger partial charge < -0.3 is 9.30 Å². The van der Waals surface area contributed by atoms with Gasteiger partial charge in [-0.3, -0.25) is 9.88 Å². The number of likely N-dealkylation sites (tertiary alicyclic amines) is 1. The average molecular weight is 516 g/mol. The van der Waals surface area contributed by atoms with Crippen LogP contribution >= 0.6 is 0 Å². The number of aromatic nitrogens is 6. The van der Waals surface area contributed by atoms with Crippen LogP contribution in [0.4, 0.5) is 17.6 Å². The average Bonchev–Trinajstić information content (AvgIpc) is 3.53. The third-order valence-corrected chi connectivity index (χ3v) is 6.34. The van der Waals surface area contributed by atoms with Gasteiger partial charge in [0.25, 0.3) is 0 Å². The molecule has 1 N–H and O–H groups in total. The van der Waals surface area contributed by atoms with Gasteiger partial charge in [0.15, 0.2) is 5.69 Å². The molecule has 4 aromatic rings. The fraction of sp³-hybridized carbons (Fsp3) is 0.360. The van der Waals surface area contributed by atoms with E-state index in [2.05, 4.69) is 25.1 Å². The zero-order valence-corrected chi connectivity index (χ0v) is 20.1. The van der Waals surface area contributed by atoms with Crippen LogP contribution in [0.25, 0.3) is 33.9 Å². The zero-order valence-electron chi connectivity index (χ0n) is 20.1. The number of nitrogens with zero attached hydrogens (tertiary/aromatic N) is 6. The molecule has 1 fully saturated rings. The second-order valence-corrected chi connectivity index (χ2v) is 8.89. The van der Waals surface area contributed by atoms with Crippen LogP contribution in [0.3, 0.4) is 0 Å². The minimum absolute atomic E-state index is 0.180. The van der Waals surface area contributed by atoms with E-state index in [1.807, 2.05) is 5.21 Å². The first-order chi connectivity index (χ1) is 17.8. The summed E-state index contributed by atoms with van der Waals surface area (Å²) in [6.07, 6.45) is 1.84. The maximum Gasteiger partial charge on any atom is 0.437 e. The lowest BCUT2D eigenvalue weighted by Crippen LogP contribution is -2.33. The Hall–Kier alpha value is -3.80. The molecule has 37 heavy (non-hydrogen) atoms. The summed E-state index contributed by atoms with van der Waals surface area (Å²) in [5.41, 5.74) is 0.654. The van der Waals surface area contributed by atoms with Crippen molar-refractivity contribution < 1.29 is 22.3 Å². The molecular formula is C25H25F4N7O. The summed E-state index contributed by atoms with van der Waals surface area (Å²) in [5.74, 6) is -0.0832. The number of ether oxygens (including phenoxy) is 1. The van der Waals surface area contributed by atoms with Crippen molar-refractivity contribution in [3.63, 3.8) is 0 Å². The lowest BCUT2D eigenvalue weighted by Gasteiger charge is -2.26. The minimum Gasteiger partial charge on any atom is -0.491 e. The van der Waals surface area contributed by atoms with Crippen molar-refractivity contribution in [1.82, 2.24) is 34.8 Å². The molecule has 1 aromatic carbocycles. The van der Waals surface area contributed by atoms with Crippen molar-refractivity contribution in [1.29, 1.82) is 0 Å². The van der Waals surface area contributed by atoms with Gasteiger partial charge in [-0.05, 0) is 50.2 Å². The summed E-state index contributed by atoms with van der Waals surface area (Å²) >= 11 is 0. The number of imidazole rings is 1. The van der Waals surface area contributed by atoms with E-state index in [9.17, 15) is 17.6 Å². The Balaban J connectivity index is 1.48. The van der Waals surface area contributed by atoms with Gasteiger partial charge in [-0.2, -0.15) is 28.6 Å². The van der Waals surface area contributed by atoms with Crippen LogP contribution in [0.1, 0.15) is 25.0 Å². The van der Waals surface area contributed by atoms with E-state index in [0.717, 1.165) is 32.5 Å². The molecule has 1 aliphatic heterocycles. The lowest BCUT2D eigenvalue weighted by molar-refractivity contribution is -0.140. The molecule has 4 heterocycles. The summed E-state index contributed by atoms with van der Waals surface area (Å²) in [6, 6.07) is 7.16. The van der Waals surface area contributed by atoms with Crippen LogP contribution in [0.5, 0.6) is 5.75 Å². The molecule has 0 unspecified atom stereocenters. The quantitative estimate of drug-likeness (QED) is 0.351. The van der Waals surface area contributed by atoms with Gasteiger partial charge in [0.05, 0.1) is 17.7 Å². The van der Waals surface area contributed by atoms with Crippen molar-refractivity contribution in [3.8, 4) is 39.7 Å². The standard InChI is InChI=1S/C25H25F4N7O/c1-35-15-31-22(19-13-16(7-8-30-19)21-24(25(27,28)29)33-34-32-21)23(35)18-6-5-17(26)14-20(18)37-12-11-36-9-3-2-4-10-36/h5-8,13-15H,2-4,9-12H2,1H3,(H,32,33,34). The largest absolute Gasteiger partial charge is 0.491 e. The number of rotatable bonds is 7. The van der Waals surface area contributed by atoms with Gasteiger partial charge in [-0.25, -0.2) is 9.37 Å². The van der Waals surface area contributed by atoms with Gasteiger partial charge >= 0.3 is 6.18 Å². The highest BCUT2D eigenvalue weighted by Gasteiger charge is 2.38. The summed E-state index contributed by atoms with van der Waals surface area (Å²) in [4.78, 5) is 11.1. The number of aromatic amines is 1. The highest BCUT2D eigenvalue weighted by molar-refractivity contribution is 5.82. The first-order valence-corrected chi connectivity index (χ1v) is 11.9. The molecule has 0 spiro atoms. The third-order valence-electron chi connectivity index (χ3n) is 6.34. The van der Waals surface area contributed by atoms with E-state index in [0.29, 0.717) is 35.0 Å². The zero-order chi connectivity index (χ0) is 26.0. The Kier molecular flexibility index (Phi) is 6.92. The van der Waals surface area contributed by atoms with Gasteiger partial charge in [0.2, 0.25) is 0 Å². The fourth-order valence-corrected chi connectivity index (χ4v) is 4.55. The van der Waals surface area contributed by atoms with E-state index in [1.54, 1.807) is 24.0 Å². The summed E-state index contributed by atoms with van der Waals surface area (Å²) in [6.45, 7) is 3.17. The van der Waals surface area contributed by atoms with Gasteiger partial charge in [0.1, 0.15) is 29.6 Å². The van der Waals surface area contributed by atoms with E-state index in [1.165, 1.54) is 36.9 Å². The van der Waals surface area contributed by atoms with Gasteiger partial charge in [-0.1, -0.05) is 6.42 Å². The van der Waals surface area contributed by atoms with Crippen LogP contribution in [-0.4, -0.2) is 61.1 Å². The molecule has 12 heteroatoms. The Morgan fingerprint density at radius 2 is 1.81 bits per heavy atom. The predicted octanol–water partition coefficient (Wildman–Crippen LogP) is 4.96. The Labute approximate surface area is 210 Å². The monoisotopic (exact) mass is 515 g/mol. The van der Waals surface area contributed by atoms with E-state index in [4.69, 9.17) is 4.74 Å². The molecule has 0 bridgehead atoms. The molecule has 194 valence electrons. The van der Waals surface area contributed by atoms with Crippen LogP contribution < -0.4 is 4.74 Å². The molecule has 0 amide bonds. The highest BCUT2D eigenvalue weighted by atomic mass is 19.4. The second kappa shape index (κ2) is 10.3. The summed E-state index contributed by atoms with van der Waals surface area (Å²) in [5, 5.41) is 9.00. The van der Waals surface area contributed by atoms with E-state index >= 15 is 0 Å². The van der Waals surface area contributed by atoms with Crippen molar-refractivity contribution in [2.75, 3.05) is 26.2 Å². The van der Waals surface area contributed by atoms with Crippen LogP contribution in [0.15, 0.2) is 42.9 Å². The number of nitrogens with one attached hydrogen (secondary N) is 1. The number of halogens is 4. The smallest absolute Gasteiger partial charge is 0.437 e. The van der Waals surface area contributed by atoms with Crippen molar-refractivity contribution >= 4 is 0 Å². The maximum absolute atomic E-state index is 14.2. The SMILES string of the molecule is Cn1cnc(-c2cc(-c3n[nH]nc3C(F)(F)F)ccn2)c1-c1ccc(F)cc1OCCN1CCCCC1. The number of aryl methyl sites for hydroxylation is 1. The molecule has 3 aromatic heterocycles.